The molecule has 4 heteroatoms. The van der Waals surface area contributed by atoms with Crippen molar-refractivity contribution in [3.05, 3.63) is 32.9 Å². The van der Waals surface area contributed by atoms with Crippen molar-refractivity contribution in [3.63, 3.8) is 0 Å². The molecule has 0 saturated heterocycles. The average molecular weight is 294 g/mol. The molecule has 0 unspecified atom stereocenters. The van der Waals surface area contributed by atoms with E-state index in [1.807, 2.05) is 0 Å². The van der Waals surface area contributed by atoms with Crippen LogP contribution < -0.4 is 4.74 Å². The van der Waals surface area contributed by atoms with Crippen LogP contribution in [0.25, 0.3) is 6.08 Å². The zero-order valence-electron chi connectivity index (χ0n) is 6.48. The zero-order valence-corrected chi connectivity index (χ0v) is 8.64. The summed E-state index contributed by atoms with van der Waals surface area (Å²) < 4.78 is 31.8. The molecule has 0 saturated carbocycles. The van der Waals surface area contributed by atoms with Crippen LogP contribution in [0.5, 0.6) is 5.75 Å². The molecule has 0 N–H and O–H groups in total. The van der Waals surface area contributed by atoms with E-state index in [-0.39, 0.29) is 5.75 Å². The second-order valence-electron chi connectivity index (χ2n) is 2.69. The van der Waals surface area contributed by atoms with E-state index >= 15 is 0 Å². The van der Waals surface area contributed by atoms with Crippen LogP contribution in [-0.4, -0.2) is 6.61 Å². The summed E-state index contributed by atoms with van der Waals surface area (Å²) in [6.45, 7) is 0.357. The molecule has 0 spiro atoms. The maximum absolute atomic E-state index is 13.1. The zero-order chi connectivity index (χ0) is 9.42. The fraction of sp³-hybridized carbons (Fsp3) is 0.111. The van der Waals surface area contributed by atoms with Crippen molar-refractivity contribution in [2.75, 3.05) is 6.61 Å². The molecule has 1 aromatic carbocycles. The summed E-state index contributed by atoms with van der Waals surface area (Å²) in [5, 5.41) is 0. The van der Waals surface area contributed by atoms with Gasteiger partial charge in [-0.05, 0) is 34.7 Å². The molecule has 1 heterocycles. The maximum atomic E-state index is 13.1. The molecule has 0 fully saturated rings. The largest absolute Gasteiger partial charge is 0.485 e. The molecule has 0 radical (unpaired) electrons. The Morgan fingerprint density at radius 2 is 2.08 bits per heavy atom. The van der Waals surface area contributed by atoms with Gasteiger partial charge in [-0.1, -0.05) is 0 Å². The molecule has 0 aromatic heterocycles. The van der Waals surface area contributed by atoms with E-state index in [2.05, 4.69) is 22.6 Å². The highest BCUT2D eigenvalue weighted by atomic mass is 127. The first-order valence-electron chi connectivity index (χ1n) is 3.65. The highest BCUT2D eigenvalue weighted by Gasteiger charge is 2.15. The second kappa shape index (κ2) is 3.25. The van der Waals surface area contributed by atoms with Crippen LogP contribution in [-0.2, 0) is 0 Å². The summed E-state index contributed by atoms with van der Waals surface area (Å²) in [5.41, 5.74) is 0.466. The fourth-order valence-electron chi connectivity index (χ4n) is 1.19. The van der Waals surface area contributed by atoms with Gasteiger partial charge in [0.15, 0.2) is 11.6 Å². The van der Waals surface area contributed by atoms with E-state index in [1.165, 1.54) is 6.07 Å². The minimum Gasteiger partial charge on any atom is -0.485 e. The van der Waals surface area contributed by atoms with E-state index in [4.69, 9.17) is 4.74 Å². The van der Waals surface area contributed by atoms with Gasteiger partial charge in [0.05, 0.1) is 0 Å². The van der Waals surface area contributed by atoms with Gasteiger partial charge in [0.25, 0.3) is 0 Å². The van der Waals surface area contributed by atoms with Gasteiger partial charge in [-0.15, -0.1) is 0 Å². The molecule has 1 aliphatic rings. The number of hydrogen-bond acceptors (Lipinski definition) is 1. The highest BCUT2D eigenvalue weighted by Crippen LogP contribution is 2.31. The van der Waals surface area contributed by atoms with Crippen LogP contribution in [0.3, 0.4) is 0 Å². The first kappa shape index (κ1) is 8.93. The van der Waals surface area contributed by atoms with Crippen LogP contribution in [0.15, 0.2) is 15.7 Å². The summed E-state index contributed by atoms with van der Waals surface area (Å²) in [5.74, 6) is -1.08. The van der Waals surface area contributed by atoms with Gasteiger partial charge in [0.2, 0.25) is 0 Å². The van der Waals surface area contributed by atoms with Crippen molar-refractivity contribution in [2.45, 2.75) is 0 Å². The first-order chi connectivity index (χ1) is 6.16. The lowest BCUT2D eigenvalue weighted by molar-refractivity contribution is 0.334. The molecule has 2 rings (SSSR count). The van der Waals surface area contributed by atoms with Gasteiger partial charge in [0, 0.05) is 15.2 Å². The molecule has 0 aliphatic carbocycles. The Labute approximate surface area is 87.5 Å². The van der Waals surface area contributed by atoms with Gasteiger partial charge in [0.1, 0.15) is 12.4 Å². The normalized spacial score (nSPS) is 14.5. The molecular formula is C9H5F2IO. The third-order valence-electron chi connectivity index (χ3n) is 1.70. The van der Waals surface area contributed by atoms with E-state index in [9.17, 15) is 8.78 Å². The van der Waals surface area contributed by atoms with Crippen molar-refractivity contribution in [1.29, 1.82) is 0 Å². The van der Waals surface area contributed by atoms with E-state index in [0.717, 1.165) is 9.65 Å². The number of ether oxygens (including phenoxy) is 1. The topological polar surface area (TPSA) is 9.23 Å². The lowest BCUT2D eigenvalue weighted by Crippen LogP contribution is -2.05. The van der Waals surface area contributed by atoms with Gasteiger partial charge in [-0.2, -0.15) is 0 Å². The van der Waals surface area contributed by atoms with Crippen LogP contribution in [0.2, 0.25) is 0 Å². The Balaban J connectivity index is 2.61. The highest BCUT2D eigenvalue weighted by molar-refractivity contribution is 14.1. The predicted octanol–water partition coefficient (Wildman–Crippen LogP) is 3.13. The number of halogens is 3. The molecule has 0 atom stereocenters. The van der Waals surface area contributed by atoms with E-state index in [0.29, 0.717) is 12.2 Å². The van der Waals surface area contributed by atoms with Crippen LogP contribution in [0.1, 0.15) is 5.56 Å². The smallest absolute Gasteiger partial charge is 0.168 e. The van der Waals surface area contributed by atoms with Gasteiger partial charge >= 0.3 is 0 Å². The quantitative estimate of drug-likeness (QED) is 0.668. The Kier molecular flexibility index (Phi) is 2.23. The second-order valence-corrected chi connectivity index (χ2v) is 4.07. The summed E-state index contributed by atoms with van der Waals surface area (Å²) in [7, 11) is 0. The van der Waals surface area contributed by atoms with Crippen LogP contribution in [0.4, 0.5) is 8.78 Å². The summed E-state index contributed by atoms with van der Waals surface area (Å²) >= 11 is 2.07. The Morgan fingerprint density at radius 1 is 1.31 bits per heavy atom. The van der Waals surface area contributed by atoms with Crippen LogP contribution >= 0.6 is 22.6 Å². The van der Waals surface area contributed by atoms with Gasteiger partial charge in [-0.25, -0.2) is 8.78 Å². The van der Waals surface area contributed by atoms with Crippen molar-refractivity contribution in [1.82, 2.24) is 0 Å². The lowest BCUT2D eigenvalue weighted by Gasteiger charge is -2.15. The number of benzene rings is 1. The SMILES string of the molecule is Fc1cc(F)c2c(c1)C=C(I)CO2. The monoisotopic (exact) mass is 294 g/mol. The van der Waals surface area contributed by atoms with Gasteiger partial charge in [-0.3, -0.25) is 0 Å². The molecular weight excluding hydrogens is 289 g/mol. The number of rotatable bonds is 0. The van der Waals surface area contributed by atoms with E-state index in [1.54, 1.807) is 6.08 Å². The minimum atomic E-state index is -0.643. The molecule has 0 bridgehead atoms. The first-order valence-corrected chi connectivity index (χ1v) is 4.72. The number of fused-ring (bicyclic) bond motifs is 1. The maximum Gasteiger partial charge on any atom is 0.168 e. The number of hydrogen-bond donors (Lipinski definition) is 0. The molecule has 1 aromatic rings. The minimum absolute atomic E-state index is 0.141. The summed E-state index contributed by atoms with van der Waals surface area (Å²) in [4.78, 5) is 0. The summed E-state index contributed by atoms with van der Waals surface area (Å²) in [6, 6.07) is 2.08. The molecule has 0 amide bonds. The van der Waals surface area contributed by atoms with Crippen LogP contribution in [0, 0.1) is 11.6 Å². The predicted molar refractivity (Wildman–Crippen MR) is 53.9 cm³/mol. The Hall–Kier alpha value is -0.650. The molecule has 1 aliphatic heterocycles. The van der Waals surface area contributed by atoms with Gasteiger partial charge < -0.3 is 4.74 Å². The lowest BCUT2D eigenvalue weighted by atomic mass is 10.1. The third kappa shape index (κ3) is 1.67. The standard InChI is InChI=1S/C9H5F2IO/c10-6-1-5-2-7(12)4-13-9(5)8(11)3-6/h1-3H,4H2. The average Bonchev–Trinajstić information content (AvgIpc) is 2.02. The van der Waals surface area contributed by atoms with Crippen molar-refractivity contribution in [3.8, 4) is 5.75 Å². The third-order valence-corrected chi connectivity index (χ3v) is 2.33. The molecule has 68 valence electrons. The Bertz CT molecular complexity index is 387. The van der Waals surface area contributed by atoms with Crippen molar-refractivity contribution < 1.29 is 13.5 Å². The Morgan fingerprint density at radius 3 is 2.85 bits per heavy atom. The van der Waals surface area contributed by atoms with Crippen molar-refractivity contribution >= 4 is 28.7 Å². The fourth-order valence-corrected chi connectivity index (χ4v) is 1.68. The molecule has 1 nitrogen and oxygen atoms in total. The molecule has 13 heavy (non-hydrogen) atoms. The van der Waals surface area contributed by atoms with Crippen molar-refractivity contribution in [2.24, 2.45) is 0 Å². The summed E-state index contributed by atoms with van der Waals surface area (Å²) in [6.07, 6.45) is 1.71. The van der Waals surface area contributed by atoms with E-state index < -0.39 is 11.6 Å².